The van der Waals surface area contributed by atoms with E-state index in [-0.39, 0.29) is 5.97 Å². The highest BCUT2D eigenvalue weighted by atomic mass is 32.2. The van der Waals surface area contributed by atoms with Crippen LogP contribution >= 0.6 is 23.1 Å². The van der Waals surface area contributed by atoms with Crippen LogP contribution in [0.5, 0.6) is 0 Å². The molecule has 0 amide bonds. The summed E-state index contributed by atoms with van der Waals surface area (Å²) in [5.41, 5.74) is 1.82. The fourth-order valence-corrected chi connectivity index (χ4v) is 4.03. The second kappa shape index (κ2) is 7.94. The largest absolute Gasteiger partial charge is 0.468 e. The number of aromatic nitrogens is 2. The summed E-state index contributed by atoms with van der Waals surface area (Å²) in [5.74, 6) is -0.307. The van der Waals surface area contributed by atoms with Crippen molar-refractivity contribution < 1.29 is 9.53 Å². The van der Waals surface area contributed by atoms with Gasteiger partial charge < -0.3 is 10.1 Å². The highest BCUT2D eigenvalue weighted by Crippen LogP contribution is 2.38. The van der Waals surface area contributed by atoms with E-state index >= 15 is 0 Å². The molecule has 3 rings (SSSR count). The Labute approximate surface area is 148 Å². The molecule has 0 aliphatic carbocycles. The van der Waals surface area contributed by atoms with Gasteiger partial charge in [-0.25, -0.2) is 0 Å². The highest BCUT2D eigenvalue weighted by Gasteiger charge is 2.24. The van der Waals surface area contributed by atoms with Gasteiger partial charge in [-0.3, -0.25) is 4.79 Å². The number of esters is 1. The van der Waals surface area contributed by atoms with Gasteiger partial charge in [-0.15, -0.1) is 10.2 Å². The average molecular weight is 357 g/mol. The first-order chi connectivity index (χ1) is 11.8. The van der Waals surface area contributed by atoms with Crippen molar-refractivity contribution in [3.63, 3.8) is 0 Å². The lowest BCUT2D eigenvalue weighted by Gasteiger charge is -2.12. The van der Waals surface area contributed by atoms with Crippen LogP contribution in [0.3, 0.4) is 0 Å². The number of carbonyl (C=O) groups excluding carboxylic acids is 1. The zero-order chi connectivity index (χ0) is 16.8. The molecule has 1 aromatic heterocycles. The van der Waals surface area contributed by atoms with Crippen LogP contribution in [0.4, 0.5) is 10.8 Å². The lowest BCUT2D eigenvalue weighted by Crippen LogP contribution is -2.10. The number of anilines is 2. The molecular formula is C17H15N3O2S2. The minimum atomic E-state index is -0.464. The van der Waals surface area contributed by atoms with Crippen LogP contribution in [0.25, 0.3) is 0 Å². The van der Waals surface area contributed by atoms with Gasteiger partial charge in [0.15, 0.2) is 4.34 Å². The summed E-state index contributed by atoms with van der Waals surface area (Å²) in [6.45, 7) is 0. The van der Waals surface area contributed by atoms with E-state index < -0.39 is 5.25 Å². The van der Waals surface area contributed by atoms with Crippen LogP contribution in [0.2, 0.25) is 0 Å². The number of benzene rings is 2. The third-order valence-electron chi connectivity index (χ3n) is 3.17. The molecule has 0 saturated carbocycles. The Balaban J connectivity index is 1.75. The fraction of sp³-hybridized carbons (Fsp3) is 0.118. The number of ether oxygens (including phenoxy) is 1. The van der Waals surface area contributed by atoms with Gasteiger partial charge in [-0.05, 0) is 17.7 Å². The first-order valence-corrected chi connectivity index (χ1v) is 8.91. The Hall–Kier alpha value is -2.38. The molecule has 0 spiro atoms. The van der Waals surface area contributed by atoms with Crippen molar-refractivity contribution in [3.05, 3.63) is 66.2 Å². The quantitative estimate of drug-likeness (QED) is 0.524. The van der Waals surface area contributed by atoms with Gasteiger partial charge in [-0.2, -0.15) is 0 Å². The second-order valence-corrected chi connectivity index (χ2v) is 7.13. The number of thioether (sulfide) groups is 1. The number of hydrogen-bond donors (Lipinski definition) is 1. The van der Waals surface area contributed by atoms with E-state index in [9.17, 15) is 4.79 Å². The summed E-state index contributed by atoms with van der Waals surface area (Å²) in [6, 6.07) is 19.3. The zero-order valence-corrected chi connectivity index (χ0v) is 14.5. The van der Waals surface area contributed by atoms with Crippen LogP contribution in [0.1, 0.15) is 10.8 Å². The van der Waals surface area contributed by atoms with Crippen molar-refractivity contribution in [2.24, 2.45) is 0 Å². The smallest absolute Gasteiger partial charge is 0.323 e. The molecule has 0 aliphatic heterocycles. The first-order valence-electron chi connectivity index (χ1n) is 7.21. The molecule has 1 heterocycles. The molecule has 5 nitrogen and oxygen atoms in total. The molecule has 1 N–H and O–H groups in total. The topological polar surface area (TPSA) is 64.1 Å². The molecular weight excluding hydrogens is 342 g/mol. The minimum Gasteiger partial charge on any atom is -0.468 e. The van der Waals surface area contributed by atoms with Crippen LogP contribution < -0.4 is 5.32 Å². The number of hydrogen-bond acceptors (Lipinski definition) is 7. The van der Waals surface area contributed by atoms with Crippen LogP contribution in [-0.4, -0.2) is 23.3 Å². The molecule has 122 valence electrons. The highest BCUT2D eigenvalue weighted by molar-refractivity contribution is 8.01. The monoisotopic (exact) mass is 357 g/mol. The molecule has 0 aliphatic rings. The molecule has 1 unspecified atom stereocenters. The third kappa shape index (κ3) is 4.12. The Morgan fingerprint density at radius 1 is 1.08 bits per heavy atom. The van der Waals surface area contributed by atoms with Crippen molar-refractivity contribution in [3.8, 4) is 0 Å². The maximum atomic E-state index is 12.1. The van der Waals surface area contributed by atoms with E-state index in [4.69, 9.17) is 4.74 Å². The lowest BCUT2D eigenvalue weighted by molar-refractivity contribution is -0.140. The zero-order valence-electron chi connectivity index (χ0n) is 12.9. The van der Waals surface area contributed by atoms with Gasteiger partial charge >= 0.3 is 5.97 Å². The SMILES string of the molecule is COC(=O)C(Sc1nnc(Nc2ccccc2)s1)c1ccccc1. The summed E-state index contributed by atoms with van der Waals surface area (Å²) in [4.78, 5) is 12.1. The van der Waals surface area contributed by atoms with E-state index in [2.05, 4.69) is 15.5 Å². The van der Waals surface area contributed by atoms with Crippen molar-refractivity contribution in [2.45, 2.75) is 9.59 Å². The van der Waals surface area contributed by atoms with Gasteiger partial charge in [-0.1, -0.05) is 71.6 Å². The van der Waals surface area contributed by atoms with Crippen LogP contribution in [0.15, 0.2) is 65.0 Å². The summed E-state index contributed by atoms with van der Waals surface area (Å²) in [7, 11) is 1.39. The molecule has 24 heavy (non-hydrogen) atoms. The number of nitrogens with zero attached hydrogens (tertiary/aromatic N) is 2. The van der Waals surface area contributed by atoms with Gasteiger partial charge in [0.25, 0.3) is 0 Å². The predicted octanol–water partition coefficient (Wildman–Crippen LogP) is 4.29. The van der Waals surface area contributed by atoms with Crippen molar-refractivity contribution >= 4 is 39.9 Å². The summed E-state index contributed by atoms with van der Waals surface area (Å²) < 4.78 is 5.62. The normalized spacial score (nSPS) is 11.7. The van der Waals surface area contributed by atoms with Crippen LogP contribution in [0, 0.1) is 0 Å². The third-order valence-corrected chi connectivity index (χ3v) is 5.32. The first kappa shape index (κ1) is 16.5. The van der Waals surface area contributed by atoms with Crippen molar-refractivity contribution in [1.29, 1.82) is 0 Å². The standard InChI is InChI=1S/C17H15N3O2S2/c1-22-15(21)14(12-8-4-2-5-9-12)23-17-20-19-16(24-17)18-13-10-6-3-7-11-13/h2-11,14H,1H3,(H,18,19). The van der Waals surface area contributed by atoms with Crippen molar-refractivity contribution in [1.82, 2.24) is 10.2 Å². The molecule has 0 bridgehead atoms. The molecule has 7 heteroatoms. The Morgan fingerprint density at radius 2 is 1.75 bits per heavy atom. The molecule has 3 aromatic rings. The fourth-order valence-electron chi connectivity index (χ4n) is 2.04. The van der Waals surface area contributed by atoms with Gasteiger partial charge in [0.2, 0.25) is 5.13 Å². The molecule has 0 radical (unpaired) electrons. The van der Waals surface area contributed by atoms with Crippen LogP contribution in [-0.2, 0) is 9.53 Å². The maximum Gasteiger partial charge on any atom is 0.323 e. The second-order valence-electron chi connectivity index (χ2n) is 4.80. The van der Waals surface area contributed by atoms with Gasteiger partial charge in [0.05, 0.1) is 7.11 Å². The number of para-hydroxylation sites is 1. The Kier molecular flexibility index (Phi) is 5.45. The number of carbonyl (C=O) groups is 1. The summed E-state index contributed by atoms with van der Waals surface area (Å²) >= 11 is 2.74. The number of methoxy groups -OCH3 is 1. The number of rotatable bonds is 6. The van der Waals surface area contributed by atoms with E-state index in [1.165, 1.54) is 30.2 Å². The minimum absolute atomic E-state index is 0.307. The van der Waals surface area contributed by atoms with E-state index in [0.717, 1.165) is 11.3 Å². The van der Waals surface area contributed by atoms with Gasteiger partial charge in [0, 0.05) is 5.69 Å². The molecule has 0 fully saturated rings. The Bertz CT molecular complexity index is 794. The Morgan fingerprint density at radius 3 is 2.42 bits per heavy atom. The predicted molar refractivity (Wildman–Crippen MR) is 96.7 cm³/mol. The molecule has 0 saturated heterocycles. The van der Waals surface area contributed by atoms with Crippen molar-refractivity contribution in [2.75, 3.05) is 12.4 Å². The maximum absolute atomic E-state index is 12.1. The lowest BCUT2D eigenvalue weighted by atomic mass is 10.1. The van der Waals surface area contributed by atoms with E-state index in [0.29, 0.717) is 9.47 Å². The molecule has 1 atom stereocenters. The molecule has 2 aromatic carbocycles. The number of nitrogens with one attached hydrogen (secondary N) is 1. The van der Waals surface area contributed by atoms with E-state index in [1.54, 1.807) is 0 Å². The van der Waals surface area contributed by atoms with E-state index in [1.807, 2.05) is 60.7 Å². The average Bonchev–Trinajstić information content (AvgIpc) is 3.07. The summed E-state index contributed by atoms with van der Waals surface area (Å²) in [6.07, 6.45) is 0. The summed E-state index contributed by atoms with van der Waals surface area (Å²) in [5, 5.41) is 11.7. The van der Waals surface area contributed by atoms with Gasteiger partial charge in [0.1, 0.15) is 5.25 Å².